The van der Waals surface area contributed by atoms with Gasteiger partial charge in [-0.3, -0.25) is 4.79 Å². The number of hydrogen-bond donors (Lipinski definition) is 0. The molecule has 0 amide bonds. The van der Waals surface area contributed by atoms with Crippen molar-refractivity contribution in [2.24, 2.45) is 0 Å². The minimum Gasteiger partial charge on any atom is -0.491 e. The van der Waals surface area contributed by atoms with E-state index in [1.807, 2.05) is 0 Å². The summed E-state index contributed by atoms with van der Waals surface area (Å²) < 4.78 is 23.2. The van der Waals surface area contributed by atoms with Gasteiger partial charge in [0.15, 0.2) is 0 Å². The summed E-state index contributed by atoms with van der Waals surface area (Å²) in [6, 6.07) is 3.46. The predicted octanol–water partition coefficient (Wildman–Crippen LogP) is 2.36. The molecule has 1 aromatic rings. The second-order valence-electron chi connectivity index (χ2n) is 3.89. The van der Waals surface area contributed by atoms with Crippen molar-refractivity contribution in [3.8, 4) is 5.75 Å². The predicted molar refractivity (Wildman–Crippen MR) is 63.1 cm³/mol. The quantitative estimate of drug-likeness (QED) is 0.460. The lowest BCUT2D eigenvalue weighted by Gasteiger charge is -2.10. The summed E-state index contributed by atoms with van der Waals surface area (Å²) in [6.07, 6.45) is -0.155. The second-order valence-corrected chi connectivity index (χ2v) is 3.89. The molecule has 0 aromatic heterocycles. The van der Waals surface area contributed by atoms with Crippen LogP contribution in [0.3, 0.4) is 0 Å². The normalized spacial score (nSPS) is 10.3. The molecule has 4 nitrogen and oxygen atoms in total. The van der Waals surface area contributed by atoms with Gasteiger partial charge in [-0.15, -0.1) is 0 Å². The van der Waals surface area contributed by atoms with Crippen molar-refractivity contribution in [1.29, 1.82) is 0 Å². The minimum absolute atomic E-state index is 0.0795. The first-order valence-electron chi connectivity index (χ1n) is 5.62. The standard InChI is InChI=1S/C13H15FO4/c1-4-17-13(16)12(15)9-5-10(14)7-11(6-9)18-8(2)3/h5-8H,4H2,1-3H3. The smallest absolute Gasteiger partial charge is 0.379 e. The Balaban J connectivity index is 2.98. The molecular weight excluding hydrogens is 239 g/mol. The van der Waals surface area contributed by atoms with Crippen LogP contribution in [0, 0.1) is 5.82 Å². The van der Waals surface area contributed by atoms with Crippen LogP contribution < -0.4 is 4.74 Å². The number of carbonyl (C=O) groups is 2. The molecular formula is C13H15FO4. The lowest BCUT2D eigenvalue weighted by atomic mass is 10.1. The van der Waals surface area contributed by atoms with E-state index in [0.717, 1.165) is 12.1 Å². The maximum absolute atomic E-state index is 13.3. The van der Waals surface area contributed by atoms with Crippen LogP contribution in [0.25, 0.3) is 0 Å². The molecule has 0 aliphatic rings. The summed E-state index contributed by atoms with van der Waals surface area (Å²) in [7, 11) is 0. The third-order valence-corrected chi connectivity index (χ3v) is 1.97. The second kappa shape index (κ2) is 6.14. The molecule has 5 heteroatoms. The SMILES string of the molecule is CCOC(=O)C(=O)c1cc(F)cc(OC(C)C)c1. The fraction of sp³-hybridized carbons (Fsp3) is 0.385. The number of esters is 1. The first-order valence-corrected chi connectivity index (χ1v) is 5.62. The fourth-order valence-electron chi connectivity index (χ4n) is 1.35. The van der Waals surface area contributed by atoms with Gasteiger partial charge in [0.05, 0.1) is 12.7 Å². The average Bonchev–Trinajstić information content (AvgIpc) is 2.26. The number of rotatable bonds is 5. The molecule has 0 fully saturated rings. The van der Waals surface area contributed by atoms with Crippen LogP contribution in [-0.2, 0) is 9.53 Å². The lowest BCUT2D eigenvalue weighted by Crippen LogP contribution is -2.18. The lowest BCUT2D eigenvalue weighted by molar-refractivity contribution is -0.137. The molecule has 0 unspecified atom stereocenters. The van der Waals surface area contributed by atoms with Gasteiger partial charge in [-0.25, -0.2) is 9.18 Å². The van der Waals surface area contributed by atoms with E-state index in [0.29, 0.717) is 0 Å². The molecule has 0 heterocycles. The van der Waals surface area contributed by atoms with Gasteiger partial charge in [0.1, 0.15) is 11.6 Å². The first-order chi connectivity index (χ1) is 8.43. The van der Waals surface area contributed by atoms with Crippen molar-refractivity contribution in [2.45, 2.75) is 26.9 Å². The Hall–Kier alpha value is -1.91. The van der Waals surface area contributed by atoms with Gasteiger partial charge in [0.2, 0.25) is 0 Å². The Morgan fingerprint density at radius 2 is 1.94 bits per heavy atom. The minimum atomic E-state index is -1.00. The van der Waals surface area contributed by atoms with Crippen molar-refractivity contribution in [2.75, 3.05) is 6.61 Å². The molecule has 0 aliphatic carbocycles. The Morgan fingerprint density at radius 3 is 2.50 bits per heavy atom. The number of benzene rings is 1. The van der Waals surface area contributed by atoms with Gasteiger partial charge < -0.3 is 9.47 Å². The molecule has 1 rings (SSSR count). The topological polar surface area (TPSA) is 52.6 Å². The van der Waals surface area contributed by atoms with Gasteiger partial charge in [-0.1, -0.05) is 0 Å². The zero-order chi connectivity index (χ0) is 13.7. The molecule has 98 valence electrons. The Bertz CT molecular complexity index is 454. The molecule has 18 heavy (non-hydrogen) atoms. The van der Waals surface area contributed by atoms with E-state index < -0.39 is 17.6 Å². The van der Waals surface area contributed by atoms with E-state index in [9.17, 15) is 14.0 Å². The van der Waals surface area contributed by atoms with E-state index >= 15 is 0 Å². The summed E-state index contributed by atoms with van der Waals surface area (Å²) in [5, 5.41) is 0. The summed E-state index contributed by atoms with van der Waals surface area (Å²) in [5.74, 6) is -2.32. The molecule has 0 aliphatic heterocycles. The maximum atomic E-state index is 13.3. The van der Waals surface area contributed by atoms with Gasteiger partial charge in [-0.2, -0.15) is 0 Å². The van der Waals surface area contributed by atoms with Crippen molar-refractivity contribution in [3.63, 3.8) is 0 Å². The van der Waals surface area contributed by atoms with E-state index in [4.69, 9.17) is 4.74 Å². The highest BCUT2D eigenvalue weighted by molar-refractivity contribution is 6.40. The third kappa shape index (κ3) is 3.84. The van der Waals surface area contributed by atoms with Gasteiger partial charge in [0, 0.05) is 11.6 Å². The number of ketones is 1. The first kappa shape index (κ1) is 14.2. The number of carbonyl (C=O) groups excluding carboxylic acids is 2. The van der Waals surface area contributed by atoms with Gasteiger partial charge in [0.25, 0.3) is 5.78 Å². The third-order valence-electron chi connectivity index (χ3n) is 1.97. The molecule has 1 aromatic carbocycles. The van der Waals surface area contributed by atoms with E-state index in [2.05, 4.69) is 4.74 Å². The fourth-order valence-corrected chi connectivity index (χ4v) is 1.35. The molecule has 0 radical (unpaired) electrons. The van der Waals surface area contributed by atoms with Crippen LogP contribution in [0.5, 0.6) is 5.75 Å². The summed E-state index contributed by atoms with van der Waals surface area (Å²) in [5.41, 5.74) is -0.0795. The highest BCUT2D eigenvalue weighted by Crippen LogP contribution is 2.18. The summed E-state index contributed by atoms with van der Waals surface area (Å²) in [4.78, 5) is 22.9. The van der Waals surface area contributed by atoms with Gasteiger partial charge in [-0.05, 0) is 32.9 Å². The Kier molecular flexibility index (Phi) is 4.83. The Labute approximate surface area is 105 Å². The number of halogens is 1. The van der Waals surface area contributed by atoms with E-state index in [-0.39, 0.29) is 24.0 Å². The maximum Gasteiger partial charge on any atom is 0.379 e. The molecule has 0 saturated carbocycles. The zero-order valence-corrected chi connectivity index (χ0v) is 10.5. The van der Waals surface area contributed by atoms with E-state index in [1.165, 1.54) is 6.07 Å². The molecule has 0 bridgehead atoms. The Morgan fingerprint density at radius 1 is 1.28 bits per heavy atom. The summed E-state index contributed by atoms with van der Waals surface area (Å²) in [6.45, 7) is 5.23. The van der Waals surface area contributed by atoms with Crippen molar-refractivity contribution in [1.82, 2.24) is 0 Å². The van der Waals surface area contributed by atoms with Crippen LogP contribution in [0.15, 0.2) is 18.2 Å². The van der Waals surface area contributed by atoms with Crippen LogP contribution in [0.4, 0.5) is 4.39 Å². The van der Waals surface area contributed by atoms with E-state index in [1.54, 1.807) is 20.8 Å². The molecule has 0 spiro atoms. The van der Waals surface area contributed by atoms with Crippen molar-refractivity contribution < 1.29 is 23.5 Å². The largest absolute Gasteiger partial charge is 0.491 e. The molecule has 0 N–H and O–H groups in total. The zero-order valence-electron chi connectivity index (χ0n) is 10.5. The highest BCUT2D eigenvalue weighted by Gasteiger charge is 2.19. The molecule has 0 atom stereocenters. The van der Waals surface area contributed by atoms with Gasteiger partial charge >= 0.3 is 5.97 Å². The van der Waals surface area contributed by atoms with Crippen molar-refractivity contribution in [3.05, 3.63) is 29.6 Å². The van der Waals surface area contributed by atoms with Crippen LogP contribution in [0.1, 0.15) is 31.1 Å². The van der Waals surface area contributed by atoms with Crippen LogP contribution in [0.2, 0.25) is 0 Å². The monoisotopic (exact) mass is 254 g/mol. The number of hydrogen-bond acceptors (Lipinski definition) is 4. The van der Waals surface area contributed by atoms with Crippen LogP contribution in [-0.4, -0.2) is 24.5 Å². The number of Topliss-reactive ketones (excluding diaryl/α,β-unsaturated/α-hetero) is 1. The highest BCUT2D eigenvalue weighted by atomic mass is 19.1. The average molecular weight is 254 g/mol. The van der Waals surface area contributed by atoms with Crippen LogP contribution >= 0.6 is 0 Å². The number of ether oxygens (including phenoxy) is 2. The summed E-state index contributed by atoms with van der Waals surface area (Å²) >= 11 is 0. The van der Waals surface area contributed by atoms with Crippen molar-refractivity contribution >= 4 is 11.8 Å². The molecule has 0 saturated heterocycles.